The number of nitrogens with zero attached hydrogens (tertiary/aromatic N) is 2. The highest BCUT2D eigenvalue weighted by Gasteiger charge is 2.39. The van der Waals surface area contributed by atoms with Crippen LogP contribution in [0.25, 0.3) is 0 Å². The van der Waals surface area contributed by atoms with Gasteiger partial charge < -0.3 is 10.2 Å². The molecule has 1 atom stereocenters. The zero-order valence-electron chi connectivity index (χ0n) is 14.3. The molecule has 0 aliphatic carbocycles. The zero-order chi connectivity index (χ0) is 15.1. The van der Waals surface area contributed by atoms with E-state index in [1.54, 1.807) is 0 Å². The van der Waals surface area contributed by atoms with Gasteiger partial charge in [0.1, 0.15) is 5.84 Å². The van der Waals surface area contributed by atoms with Crippen molar-refractivity contribution in [2.75, 3.05) is 19.6 Å². The van der Waals surface area contributed by atoms with Gasteiger partial charge in [0.25, 0.3) is 0 Å². The molecule has 1 unspecified atom stereocenters. The van der Waals surface area contributed by atoms with Crippen molar-refractivity contribution >= 4 is 5.84 Å². The Labute approximate surface area is 124 Å². The van der Waals surface area contributed by atoms with Crippen LogP contribution in [0.1, 0.15) is 54.9 Å². The number of amidine groups is 1. The predicted molar refractivity (Wildman–Crippen MR) is 87.0 cm³/mol. The molecular formula is C17H31N3. The van der Waals surface area contributed by atoms with Crippen molar-refractivity contribution in [2.45, 2.75) is 60.9 Å². The van der Waals surface area contributed by atoms with Crippen LogP contribution in [0.3, 0.4) is 0 Å². The van der Waals surface area contributed by atoms with Crippen molar-refractivity contribution in [3.63, 3.8) is 0 Å². The van der Waals surface area contributed by atoms with Gasteiger partial charge in [-0.15, -0.1) is 0 Å². The Hall–Kier alpha value is -0.830. The summed E-state index contributed by atoms with van der Waals surface area (Å²) in [6.45, 7) is 19.1. The molecule has 3 heteroatoms. The molecule has 20 heavy (non-hydrogen) atoms. The molecule has 1 saturated heterocycles. The molecule has 3 nitrogen and oxygen atoms in total. The fourth-order valence-electron chi connectivity index (χ4n) is 3.29. The minimum atomic E-state index is 0.103. The molecule has 0 aromatic rings. The molecule has 0 aromatic carbocycles. The van der Waals surface area contributed by atoms with Crippen LogP contribution in [-0.4, -0.2) is 36.4 Å². The van der Waals surface area contributed by atoms with Gasteiger partial charge in [-0.25, -0.2) is 0 Å². The molecule has 1 fully saturated rings. The lowest BCUT2D eigenvalue weighted by Gasteiger charge is -2.46. The largest absolute Gasteiger partial charge is 0.331 e. The molecule has 0 spiro atoms. The van der Waals surface area contributed by atoms with Crippen LogP contribution in [0, 0.1) is 10.8 Å². The summed E-state index contributed by atoms with van der Waals surface area (Å²) in [5, 5.41) is 3.54. The summed E-state index contributed by atoms with van der Waals surface area (Å²) in [5.41, 5.74) is 3.29. The van der Waals surface area contributed by atoms with E-state index in [2.05, 4.69) is 58.7 Å². The van der Waals surface area contributed by atoms with Gasteiger partial charge in [0, 0.05) is 30.7 Å². The van der Waals surface area contributed by atoms with Gasteiger partial charge >= 0.3 is 0 Å². The van der Waals surface area contributed by atoms with Gasteiger partial charge in [0.05, 0.1) is 6.04 Å². The third-order valence-electron chi connectivity index (χ3n) is 4.21. The van der Waals surface area contributed by atoms with Gasteiger partial charge in [0.15, 0.2) is 0 Å². The molecule has 2 rings (SSSR count). The van der Waals surface area contributed by atoms with Gasteiger partial charge in [-0.1, -0.05) is 48.5 Å². The Kier molecular flexibility index (Phi) is 4.03. The second-order valence-electron chi connectivity index (χ2n) is 8.13. The predicted octanol–water partition coefficient (Wildman–Crippen LogP) is 3.43. The van der Waals surface area contributed by atoms with Crippen LogP contribution in [0.15, 0.2) is 16.3 Å². The van der Waals surface area contributed by atoms with Gasteiger partial charge in [-0.2, -0.15) is 0 Å². The molecule has 2 heterocycles. The zero-order valence-corrected chi connectivity index (χ0v) is 14.3. The van der Waals surface area contributed by atoms with Crippen LogP contribution in [0.2, 0.25) is 0 Å². The van der Waals surface area contributed by atoms with Gasteiger partial charge in [-0.05, 0) is 17.4 Å². The number of hydrogen-bond acceptors (Lipinski definition) is 3. The van der Waals surface area contributed by atoms with E-state index in [1.807, 2.05) is 0 Å². The maximum atomic E-state index is 5.22. The van der Waals surface area contributed by atoms with Crippen molar-refractivity contribution in [3.8, 4) is 0 Å². The lowest BCUT2D eigenvalue weighted by molar-refractivity contribution is 0.300. The highest BCUT2D eigenvalue weighted by Crippen LogP contribution is 2.38. The Bertz CT molecular complexity index is 432. The highest BCUT2D eigenvalue weighted by atomic mass is 15.3. The Morgan fingerprint density at radius 2 is 1.85 bits per heavy atom. The maximum absolute atomic E-state index is 5.22. The topological polar surface area (TPSA) is 27.6 Å². The molecule has 0 amide bonds. The molecule has 0 aromatic heterocycles. The van der Waals surface area contributed by atoms with E-state index in [4.69, 9.17) is 4.99 Å². The van der Waals surface area contributed by atoms with E-state index in [-0.39, 0.29) is 10.8 Å². The fourth-order valence-corrected chi connectivity index (χ4v) is 3.29. The van der Waals surface area contributed by atoms with Crippen molar-refractivity contribution in [1.29, 1.82) is 0 Å². The van der Waals surface area contributed by atoms with E-state index in [0.29, 0.717) is 6.04 Å². The Morgan fingerprint density at radius 3 is 2.35 bits per heavy atom. The van der Waals surface area contributed by atoms with Crippen LogP contribution in [-0.2, 0) is 0 Å². The lowest BCUT2D eigenvalue weighted by Crippen LogP contribution is -2.53. The van der Waals surface area contributed by atoms with Crippen LogP contribution >= 0.6 is 0 Å². The molecule has 0 saturated carbocycles. The lowest BCUT2D eigenvalue weighted by atomic mass is 9.78. The molecular weight excluding hydrogens is 246 g/mol. The van der Waals surface area contributed by atoms with E-state index < -0.39 is 0 Å². The summed E-state index contributed by atoms with van der Waals surface area (Å²) in [5.74, 6) is 1.27. The van der Waals surface area contributed by atoms with Crippen LogP contribution in [0.4, 0.5) is 0 Å². The number of hydrogen-bond donors (Lipinski definition) is 1. The first-order chi connectivity index (χ1) is 9.16. The quantitative estimate of drug-likeness (QED) is 0.795. The van der Waals surface area contributed by atoms with Crippen molar-refractivity contribution < 1.29 is 0 Å². The van der Waals surface area contributed by atoms with E-state index >= 15 is 0 Å². The SMILES string of the molecule is CCC1=C2CNCCN2C(C(C)(C)C)=NC1C(C)(C)C. The molecule has 114 valence electrons. The van der Waals surface area contributed by atoms with E-state index in [1.165, 1.54) is 17.1 Å². The number of piperazine rings is 1. The second kappa shape index (κ2) is 5.18. The third kappa shape index (κ3) is 2.78. The summed E-state index contributed by atoms with van der Waals surface area (Å²) < 4.78 is 0. The van der Waals surface area contributed by atoms with Crippen LogP contribution in [0.5, 0.6) is 0 Å². The fraction of sp³-hybridized carbons (Fsp3) is 0.824. The van der Waals surface area contributed by atoms with Crippen molar-refractivity contribution in [1.82, 2.24) is 10.2 Å². The third-order valence-corrected chi connectivity index (χ3v) is 4.21. The number of rotatable bonds is 1. The highest BCUT2D eigenvalue weighted by molar-refractivity contribution is 5.90. The first kappa shape index (κ1) is 15.6. The maximum Gasteiger partial charge on any atom is 0.109 e. The smallest absolute Gasteiger partial charge is 0.109 e. The van der Waals surface area contributed by atoms with E-state index in [9.17, 15) is 0 Å². The average Bonchev–Trinajstić information content (AvgIpc) is 2.34. The van der Waals surface area contributed by atoms with Crippen molar-refractivity contribution in [3.05, 3.63) is 11.3 Å². The van der Waals surface area contributed by atoms with Gasteiger partial charge in [0.2, 0.25) is 0 Å². The Morgan fingerprint density at radius 1 is 1.20 bits per heavy atom. The summed E-state index contributed by atoms with van der Waals surface area (Å²) in [7, 11) is 0. The van der Waals surface area contributed by atoms with E-state index in [0.717, 1.165) is 26.1 Å². The monoisotopic (exact) mass is 277 g/mol. The summed E-state index contributed by atoms with van der Waals surface area (Å²) in [6, 6.07) is 0.313. The molecule has 2 aliphatic rings. The first-order valence-electron chi connectivity index (χ1n) is 7.94. The van der Waals surface area contributed by atoms with Crippen molar-refractivity contribution in [2.24, 2.45) is 15.8 Å². The summed E-state index contributed by atoms with van der Waals surface area (Å²) in [4.78, 5) is 7.70. The number of nitrogens with one attached hydrogen (secondary N) is 1. The molecule has 0 radical (unpaired) electrons. The first-order valence-corrected chi connectivity index (χ1v) is 7.94. The average molecular weight is 277 g/mol. The second-order valence-corrected chi connectivity index (χ2v) is 8.13. The Balaban J connectivity index is 2.53. The minimum absolute atomic E-state index is 0.103. The van der Waals surface area contributed by atoms with Gasteiger partial charge in [-0.3, -0.25) is 4.99 Å². The number of aliphatic imine (C=N–C) groups is 1. The number of fused-ring (bicyclic) bond motifs is 1. The minimum Gasteiger partial charge on any atom is -0.331 e. The molecule has 2 aliphatic heterocycles. The normalized spacial score (nSPS) is 24.6. The summed E-state index contributed by atoms with van der Waals surface area (Å²) in [6.07, 6.45) is 1.09. The van der Waals surface area contributed by atoms with Crippen LogP contribution < -0.4 is 5.32 Å². The standard InChI is InChI=1S/C17H31N3/c1-8-12-13-11-18-9-10-20(13)15(17(5,6)7)19-14(12)16(2,3)4/h14,18H,8-11H2,1-7H3. The summed E-state index contributed by atoms with van der Waals surface area (Å²) >= 11 is 0. The molecule has 1 N–H and O–H groups in total. The molecule has 0 bridgehead atoms.